The largest absolute Gasteiger partial charge is 0.379 e. The second-order valence-corrected chi connectivity index (χ2v) is 9.68. The van der Waals surface area contributed by atoms with Gasteiger partial charge in [-0.2, -0.15) is 0 Å². The average Bonchev–Trinajstić information content (AvgIpc) is 3.45. The standard InChI is InChI=1S/C24H25ClN4O3S/c25-19-7-4-8-20-22(19)26-24(33-20)28(10-9-27-11-13-32-14-12-27)23(31)17-15-21(30)29(16-17)18-5-2-1-3-6-18/h1-8,17H,9-16H2. The van der Waals surface area contributed by atoms with Gasteiger partial charge in [-0.05, 0) is 24.3 Å². The fourth-order valence-corrected chi connectivity index (χ4v) is 5.63. The van der Waals surface area contributed by atoms with Crippen molar-refractivity contribution in [1.82, 2.24) is 9.88 Å². The summed E-state index contributed by atoms with van der Waals surface area (Å²) in [6.07, 6.45) is 0.202. The Hall–Kier alpha value is -2.52. The van der Waals surface area contributed by atoms with Gasteiger partial charge in [-0.15, -0.1) is 0 Å². The van der Waals surface area contributed by atoms with Crippen molar-refractivity contribution in [1.29, 1.82) is 0 Å². The number of benzene rings is 2. The number of thiazole rings is 1. The number of rotatable bonds is 6. The molecule has 7 nitrogen and oxygen atoms in total. The first-order valence-electron chi connectivity index (χ1n) is 11.1. The van der Waals surface area contributed by atoms with E-state index in [4.69, 9.17) is 21.3 Å². The van der Waals surface area contributed by atoms with Crippen molar-refractivity contribution in [2.75, 3.05) is 55.7 Å². The van der Waals surface area contributed by atoms with Crippen LogP contribution in [0.5, 0.6) is 0 Å². The summed E-state index contributed by atoms with van der Waals surface area (Å²) in [6, 6.07) is 15.2. The zero-order valence-corrected chi connectivity index (χ0v) is 19.7. The van der Waals surface area contributed by atoms with Crippen LogP contribution in [-0.4, -0.2) is 67.6 Å². The molecule has 3 heterocycles. The number of amides is 2. The average molecular weight is 485 g/mol. The summed E-state index contributed by atoms with van der Waals surface area (Å²) < 4.78 is 6.39. The molecule has 2 fully saturated rings. The van der Waals surface area contributed by atoms with E-state index < -0.39 is 5.92 Å². The first-order chi connectivity index (χ1) is 16.1. The number of carbonyl (C=O) groups is 2. The van der Waals surface area contributed by atoms with Gasteiger partial charge in [0.15, 0.2) is 5.13 Å². The predicted octanol–water partition coefficient (Wildman–Crippen LogP) is 3.67. The van der Waals surface area contributed by atoms with E-state index in [1.54, 1.807) is 15.9 Å². The molecule has 0 bridgehead atoms. The molecule has 0 aliphatic carbocycles. The van der Waals surface area contributed by atoms with Gasteiger partial charge in [0.05, 0.1) is 28.9 Å². The fourth-order valence-electron chi connectivity index (χ4n) is 4.34. The van der Waals surface area contributed by atoms with E-state index in [2.05, 4.69) is 4.90 Å². The van der Waals surface area contributed by atoms with Crippen LogP contribution in [0, 0.1) is 5.92 Å². The van der Waals surface area contributed by atoms with Crippen LogP contribution in [0.1, 0.15) is 6.42 Å². The number of nitrogens with zero attached hydrogens (tertiary/aromatic N) is 4. The Morgan fingerprint density at radius 2 is 1.94 bits per heavy atom. The molecule has 0 saturated carbocycles. The minimum absolute atomic E-state index is 0.0278. The molecule has 3 aromatic rings. The minimum Gasteiger partial charge on any atom is -0.379 e. The number of hydrogen-bond acceptors (Lipinski definition) is 6. The third-order valence-corrected chi connectivity index (χ3v) is 7.49. The molecule has 33 heavy (non-hydrogen) atoms. The summed E-state index contributed by atoms with van der Waals surface area (Å²) in [5, 5.41) is 1.20. The Bertz CT molecular complexity index is 1150. The summed E-state index contributed by atoms with van der Waals surface area (Å²) >= 11 is 7.81. The molecule has 2 amide bonds. The fraction of sp³-hybridized carbons (Fsp3) is 0.375. The van der Waals surface area contributed by atoms with Gasteiger partial charge in [-0.1, -0.05) is 47.2 Å². The van der Waals surface area contributed by atoms with E-state index >= 15 is 0 Å². The van der Waals surface area contributed by atoms with Gasteiger partial charge in [0.25, 0.3) is 0 Å². The lowest BCUT2D eigenvalue weighted by atomic mass is 10.1. The maximum atomic E-state index is 13.7. The van der Waals surface area contributed by atoms with E-state index in [1.165, 1.54) is 11.3 Å². The van der Waals surface area contributed by atoms with Crippen LogP contribution < -0.4 is 9.80 Å². The molecule has 2 saturated heterocycles. The number of hydrogen-bond donors (Lipinski definition) is 0. The van der Waals surface area contributed by atoms with Crippen molar-refractivity contribution >= 4 is 55.8 Å². The lowest BCUT2D eigenvalue weighted by Crippen LogP contribution is -2.45. The molecular formula is C24H25ClN4O3S. The maximum absolute atomic E-state index is 13.7. The van der Waals surface area contributed by atoms with Gasteiger partial charge in [-0.3, -0.25) is 19.4 Å². The number of anilines is 2. The topological polar surface area (TPSA) is 66.0 Å². The minimum atomic E-state index is -0.412. The third kappa shape index (κ3) is 4.75. The van der Waals surface area contributed by atoms with E-state index in [1.807, 2.05) is 42.5 Å². The second-order valence-electron chi connectivity index (χ2n) is 8.27. The van der Waals surface area contributed by atoms with E-state index in [0.717, 1.165) is 30.0 Å². The molecule has 1 aromatic heterocycles. The van der Waals surface area contributed by atoms with Crippen LogP contribution in [0.4, 0.5) is 10.8 Å². The monoisotopic (exact) mass is 484 g/mol. The number of aromatic nitrogens is 1. The van der Waals surface area contributed by atoms with Crippen molar-refractivity contribution < 1.29 is 14.3 Å². The first-order valence-corrected chi connectivity index (χ1v) is 12.3. The Balaban J connectivity index is 1.40. The highest BCUT2D eigenvalue weighted by Gasteiger charge is 2.38. The maximum Gasteiger partial charge on any atom is 0.234 e. The summed E-state index contributed by atoms with van der Waals surface area (Å²) in [4.78, 5) is 36.9. The normalized spacial score (nSPS) is 19.4. The SMILES string of the molecule is O=C1CC(C(=O)N(CCN2CCOCC2)c2nc3c(Cl)cccc3s2)CN1c1ccccc1. The molecule has 172 valence electrons. The van der Waals surface area contributed by atoms with Crippen LogP contribution in [0.3, 0.4) is 0 Å². The summed E-state index contributed by atoms with van der Waals surface area (Å²) in [6.45, 7) is 4.70. The van der Waals surface area contributed by atoms with Crippen molar-refractivity contribution in [2.45, 2.75) is 6.42 Å². The smallest absolute Gasteiger partial charge is 0.234 e. The first kappa shape index (κ1) is 22.3. The van der Waals surface area contributed by atoms with Crippen molar-refractivity contribution in [2.24, 2.45) is 5.92 Å². The van der Waals surface area contributed by atoms with E-state index in [9.17, 15) is 9.59 Å². The number of ether oxygens (including phenoxy) is 1. The Morgan fingerprint density at radius 1 is 1.15 bits per heavy atom. The molecular weight excluding hydrogens is 460 g/mol. The predicted molar refractivity (Wildman–Crippen MR) is 131 cm³/mol. The van der Waals surface area contributed by atoms with Crippen LogP contribution in [0.2, 0.25) is 5.02 Å². The van der Waals surface area contributed by atoms with Crippen molar-refractivity contribution in [3.63, 3.8) is 0 Å². The highest BCUT2D eigenvalue weighted by atomic mass is 35.5. The Labute approximate surface area is 201 Å². The molecule has 0 spiro atoms. The van der Waals surface area contributed by atoms with Crippen LogP contribution in [-0.2, 0) is 14.3 Å². The zero-order chi connectivity index (χ0) is 22.8. The number of morpholine rings is 1. The van der Waals surface area contributed by atoms with Gasteiger partial charge in [0, 0.05) is 44.8 Å². The summed E-state index contributed by atoms with van der Waals surface area (Å²) in [5.74, 6) is -0.505. The van der Waals surface area contributed by atoms with Gasteiger partial charge < -0.3 is 9.64 Å². The number of carbonyl (C=O) groups excluding carboxylic acids is 2. The van der Waals surface area contributed by atoms with Gasteiger partial charge in [0.2, 0.25) is 11.8 Å². The lowest BCUT2D eigenvalue weighted by molar-refractivity contribution is -0.124. The molecule has 2 aliphatic heterocycles. The Morgan fingerprint density at radius 3 is 2.70 bits per heavy atom. The van der Waals surface area contributed by atoms with Crippen LogP contribution >= 0.6 is 22.9 Å². The van der Waals surface area contributed by atoms with Crippen LogP contribution in [0.25, 0.3) is 10.2 Å². The molecule has 5 rings (SSSR count). The summed E-state index contributed by atoms with van der Waals surface area (Å²) in [5.41, 5.74) is 1.53. The molecule has 1 atom stereocenters. The second kappa shape index (κ2) is 9.77. The molecule has 0 radical (unpaired) electrons. The molecule has 0 N–H and O–H groups in total. The molecule has 1 unspecified atom stereocenters. The number of para-hydroxylation sites is 2. The highest BCUT2D eigenvalue weighted by Crippen LogP contribution is 2.34. The van der Waals surface area contributed by atoms with Gasteiger partial charge in [-0.25, -0.2) is 4.98 Å². The number of fused-ring (bicyclic) bond motifs is 1. The zero-order valence-electron chi connectivity index (χ0n) is 18.2. The van der Waals surface area contributed by atoms with Crippen LogP contribution in [0.15, 0.2) is 48.5 Å². The third-order valence-electron chi connectivity index (χ3n) is 6.14. The molecule has 2 aliphatic rings. The molecule has 2 aromatic carbocycles. The summed E-state index contributed by atoms with van der Waals surface area (Å²) in [7, 11) is 0. The van der Waals surface area contributed by atoms with Crippen molar-refractivity contribution in [3.05, 3.63) is 53.6 Å². The lowest BCUT2D eigenvalue weighted by Gasteiger charge is -2.30. The quantitative estimate of drug-likeness (QED) is 0.534. The van der Waals surface area contributed by atoms with Crippen molar-refractivity contribution in [3.8, 4) is 0 Å². The van der Waals surface area contributed by atoms with Gasteiger partial charge in [0.1, 0.15) is 5.52 Å². The van der Waals surface area contributed by atoms with E-state index in [-0.39, 0.29) is 18.2 Å². The van der Waals surface area contributed by atoms with Gasteiger partial charge >= 0.3 is 0 Å². The highest BCUT2D eigenvalue weighted by molar-refractivity contribution is 7.22. The van der Waals surface area contributed by atoms with E-state index in [0.29, 0.717) is 42.0 Å². The number of halogens is 1. The Kier molecular flexibility index (Phi) is 6.59. The molecule has 9 heteroatoms.